The molecule has 1 aromatic heterocycles. The zero-order chi connectivity index (χ0) is 17.4. The van der Waals surface area contributed by atoms with E-state index in [4.69, 9.17) is 4.98 Å². The predicted octanol–water partition coefficient (Wildman–Crippen LogP) is 5.22. The number of fused-ring (bicyclic) bond motifs is 3. The molecule has 2 heterocycles. The maximum Gasteiger partial charge on any atom is 0.130 e. The number of para-hydroxylation sites is 2. The zero-order valence-corrected chi connectivity index (χ0v) is 15.0. The number of pyridine rings is 1. The van der Waals surface area contributed by atoms with E-state index in [0.717, 1.165) is 18.1 Å². The molecule has 0 spiro atoms. The Bertz CT molecular complexity index is 900. The Balaban J connectivity index is 1.86. The largest absolute Gasteiger partial charge is 0.373 e. The fourth-order valence-corrected chi connectivity index (χ4v) is 3.75. The van der Waals surface area contributed by atoms with E-state index in [2.05, 4.69) is 73.6 Å². The molecule has 0 fully saturated rings. The minimum atomic E-state index is 0.0291. The van der Waals surface area contributed by atoms with E-state index in [1.54, 1.807) is 0 Å². The Hall–Kier alpha value is -2.81. The summed E-state index contributed by atoms with van der Waals surface area (Å²) in [4.78, 5) is 7.04. The third-order valence-corrected chi connectivity index (χ3v) is 4.92. The zero-order valence-electron chi connectivity index (χ0n) is 15.0. The van der Waals surface area contributed by atoms with E-state index in [9.17, 15) is 0 Å². The molecule has 3 nitrogen and oxygen atoms in total. The van der Waals surface area contributed by atoms with Crippen molar-refractivity contribution in [2.75, 3.05) is 23.8 Å². The summed E-state index contributed by atoms with van der Waals surface area (Å²) in [6.07, 6.45) is 2.04. The Morgan fingerprint density at radius 2 is 1.68 bits per heavy atom. The third kappa shape index (κ3) is 2.86. The van der Waals surface area contributed by atoms with Crippen molar-refractivity contribution in [3.8, 4) is 11.1 Å². The van der Waals surface area contributed by atoms with Crippen molar-refractivity contribution in [3.05, 3.63) is 72.4 Å². The van der Waals surface area contributed by atoms with Crippen LogP contribution >= 0.6 is 0 Å². The molecule has 1 aliphatic rings. The van der Waals surface area contributed by atoms with E-state index in [1.807, 2.05) is 24.4 Å². The minimum absolute atomic E-state index is 0.0291. The lowest BCUT2D eigenvalue weighted by Gasteiger charge is -2.29. The van der Waals surface area contributed by atoms with Crippen LogP contribution in [0, 0.1) is 0 Å². The van der Waals surface area contributed by atoms with Crippen LogP contribution in [0.5, 0.6) is 0 Å². The molecule has 0 radical (unpaired) electrons. The molecule has 0 saturated heterocycles. The summed E-state index contributed by atoms with van der Waals surface area (Å²) in [6, 6.07) is 21.0. The summed E-state index contributed by atoms with van der Waals surface area (Å²) in [5, 5.41) is 3.42. The summed E-state index contributed by atoms with van der Waals surface area (Å²) in [6.45, 7) is 5.55. The summed E-state index contributed by atoms with van der Waals surface area (Å²) in [7, 11) is 2.17. The Kier molecular flexibility index (Phi) is 3.72. The Morgan fingerprint density at radius 3 is 2.48 bits per heavy atom. The van der Waals surface area contributed by atoms with Gasteiger partial charge < -0.3 is 10.2 Å². The standard InChI is InChI=1S/C22H23N3/c1-22(2)15-25(3)20-12-8-7-11-17(20)18-13-21(23-14-19(18)22)24-16-9-5-4-6-10-16/h4-14H,15H2,1-3H3,(H,23,24). The third-order valence-electron chi connectivity index (χ3n) is 4.92. The van der Waals surface area contributed by atoms with Gasteiger partial charge in [0.2, 0.25) is 0 Å². The molecular weight excluding hydrogens is 306 g/mol. The molecule has 0 unspecified atom stereocenters. The van der Waals surface area contributed by atoms with Gasteiger partial charge in [-0.15, -0.1) is 0 Å². The van der Waals surface area contributed by atoms with Gasteiger partial charge in [-0.25, -0.2) is 4.98 Å². The van der Waals surface area contributed by atoms with Crippen LogP contribution in [-0.4, -0.2) is 18.6 Å². The fraction of sp³-hybridized carbons (Fsp3) is 0.227. The number of anilines is 3. The van der Waals surface area contributed by atoms with E-state index in [1.165, 1.54) is 22.4 Å². The second-order valence-corrected chi connectivity index (χ2v) is 7.36. The van der Waals surface area contributed by atoms with Crippen molar-refractivity contribution < 1.29 is 0 Å². The molecule has 25 heavy (non-hydrogen) atoms. The quantitative estimate of drug-likeness (QED) is 0.698. The molecule has 0 saturated carbocycles. The van der Waals surface area contributed by atoms with Gasteiger partial charge in [-0.1, -0.05) is 50.2 Å². The fourth-order valence-electron chi connectivity index (χ4n) is 3.75. The second-order valence-electron chi connectivity index (χ2n) is 7.36. The molecule has 126 valence electrons. The maximum absolute atomic E-state index is 4.69. The van der Waals surface area contributed by atoms with Crippen molar-refractivity contribution in [2.24, 2.45) is 0 Å². The van der Waals surface area contributed by atoms with Crippen molar-refractivity contribution >= 4 is 17.2 Å². The van der Waals surface area contributed by atoms with Gasteiger partial charge in [0.05, 0.1) is 0 Å². The van der Waals surface area contributed by atoms with Gasteiger partial charge in [-0.3, -0.25) is 0 Å². The number of likely N-dealkylation sites (N-methyl/N-ethyl adjacent to an activating group) is 1. The molecule has 1 aliphatic heterocycles. The van der Waals surface area contributed by atoms with Crippen LogP contribution in [0.1, 0.15) is 19.4 Å². The molecule has 0 amide bonds. The average molecular weight is 329 g/mol. The smallest absolute Gasteiger partial charge is 0.130 e. The van der Waals surface area contributed by atoms with Gasteiger partial charge in [-0.05, 0) is 35.4 Å². The number of nitrogens with zero attached hydrogens (tertiary/aromatic N) is 2. The number of rotatable bonds is 2. The lowest BCUT2D eigenvalue weighted by Crippen LogP contribution is -2.33. The van der Waals surface area contributed by atoms with Crippen molar-refractivity contribution in [1.82, 2.24) is 4.98 Å². The topological polar surface area (TPSA) is 28.2 Å². The monoisotopic (exact) mass is 329 g/mol. The molecule has 0 aliphatic carbocycles. The summed E-state index contributed by atoms with van der Waals surface area (Å²) < 4.78 is 0. The average Bonchev–Trinajstić information content (AvgIpc) is 2.69. The lowest BCUT2D eigenvalue weighted by atomic mass is 9.82. The van der Waals surface area contributed by atoms with Crippen LogP contribution in [0.25, 0.3) is 11.1 Å². The molecule has 4 rings (SSSR count). The normalized spacial score (nSPS) is 15.1. The number of nitrogens with one attached hydrogen (secondary N) is 1. The van der Waals surface area contributed by atoms with Gasteiger partial charge in [-0.2, -0.15) is 0 Å². The SMILES string of the molecule is CN1CC(C)(C)c2cnc(Nc3ccccc3)cc2-c2ccccc21. The Labute approximate surface area is 149 Å². The lowest BCUT2D eigenvalue weighted by molar-refractivity contribution is 0.528. The van der Waals surface area contributed by atoms with Crippen LogP contribution < -0.4 is 10.2 Å². The number of hydrogen-bond donors (Lipinski definition) is 1. The molecule has 2 aromatic carbocycles. The van der Waals surface area contributed by atoms with Gasteiger partial charge in [0.1, 0.15) is 5.82 Å². The molecule has 0 atom stereocenters. The summed E-state index contributed by atoms with van der Waals surface area (Å²) in [5.74, 6) is 0.875. The van der Waals surface area contributed by atoms with E-state index in [0.29, 0.717) is 0 Å². The van der Waals surface area contributed by atoms with Crippen LogP contribution in [0.4, 0.5) is 17.2 Å². The number of benzene rings is 2. The van der Waals surface area contributed by atoms with E-state index < -0.39 is 0 Å². The number of hydrogen-bond acceptors (Lipinski definition) is 3. The Morgan fingerprint density at radius 1 is 0.960 bits per heavy atom. The van der Waals surface area contributed by atoms with Crippen molar-refractivity contribution in [2.45, 2.75) is 19.3 Å². The first-order chi connectivity index (χ1) is 12.0. The first-order valence-electron chi connectivity index (χ1n) is 8.68. The second kappa shape index (κ2) is 5.92. The van der Waals surface area contributed by atoms with Gasteiger partial charge in [0.25, 0.3) is 0 Å². The highest BCUT2D eigenvalue weighted by atomic mass is 15.1. The number of aromatic nitrogens is 1. The van der Waals surface area contributed by atoms with E-state index in [-0.39, 0.29) is 5.41 Å². The first kappa shape index (κ1) is 15.7. The molecule has 3 heteroatoms. The highest BCUT2D eigenvalue weighted by Crippen LogP contribution is 2.42. The van der Waals surface area contributed by atoms with Gasteiger partial charge in [0.15, 0.2) is 0 Å². The van der Waals surface area contributed by atoms with Crippen LogP contribution in [0.15, 0.2) is 66.9 Å². The molecular formula is C22H23N3. The van der Waals surface area contributed by atoms with Gasteiger partial charge >= 0.3 is 0 Å². The molecule has 1 N–H and O–H groups in total. The predicted molar refractivity (Wildman–Crippen MR) is 106 cm³/mol. The molecule has 3 aromatic rings. The highest BCUT2D eigenvalue weighted by Gasteiger charge is 2.31. The van der Waals surface area contributed by atoms with Crippen molar-refractivity contribution in [3.63, 3.8) is 0 Å². The minimum Gasteiger partial charge on any atom is -0.373 e. The first-order valence-corrected chi connectivity index (χ1v) is 8.68. The van der Waals surface area contributed by atoms with E-state index >= 15 is 0 Å². The highest BCUT2D eigenvalue weighted by molar-refractivity contribution is 5.84. The van der Waals surface area contributed by atoms with Crippen molar-refractivity contribution in [1.29, 1.82) is 0 Å². The molecule has 0 bridgehead atoms. The maximum atomic E-state index is 4.69. The summed E-state index contributed by atoms with van der Waals surface area (Å²) >= 11 is 0. The summed E-state index contributed by atoms with van der Waals surface area (Å²) in [5.41, 5.74) is 6.17. The van der Waals surface area contributed by atoms with Crippen LogP contribution in [0.2, 0.25) is 0 Å². The van der Waals surface area contributed by atoms with Crippen LogP contribution in [0.3, 0.4) is 0 Å². The van der Waals surface area contributed by atoms with Gasteiger partial charge in [0, 0.05) is 42.1 Å². The van der Waals surface area contributed by atoms with Crippen LogP contribution in [-0.2, 0) is 5.41 Å².